The molecule has 0 atom stereocenters. The molecule has 0 radical (unpaired) electrons. The van der Waals surface area contributed by atoms with Gasteiger partial charge in [0.05, 0.1) is 17.7 Å². The van der Waals surface area contributed by atoms with Gasteiger partial charge in [-0.3, -0.25) is 4.79 Å². The summed E-state index contributed by atoms with van der Waals surface area (Å²) in [6, 6.07) is 9.17. The van der Waals surface area contributed by atoms with E-state index in [9.17, 15) is 13.2 Å². The van der Waals surface area contributed by atoms with E-state index >= 15 is 0 Å². The Hall–Kier alpha value is -2.98. The summed E-state index contributed by atoms with van der Waals surface area (Å²) in [4.78, 5) is 12.4. The van der Waals surface area contributed by atoms with Crippen LogP contribution in [-0.4, -0.2) is 35.6 Å². The molecule has 0 saturated carbocycles. The Kier molecular flexibility index (Phi) is 5.45. The number of rotatable bonds is 8. The SMILES string of the molecule is O=C(NCCc1nnc2n1CCC2)c1ccc(S(=O)(=O)NCc2ccco2)cc1. The first-order valence-electron chi connectivity index (χ1n) is 9.34. The van der Waals surface area contributed by atoms with Gasteiger partial charge < -0.3 is 14.3 Å². The van der Waals surface area contributed by atoms with E-state index in [1.165, 1.54) is 30.5 Å². The summed E-state index contributed by atoms with van der Waals surface area (Å²) in [6.45, 7) is 1.42. The molecule has 9 nitrogen and oxygen atoms in total. The molecule has 0 fully saturated rings. The monoisotopic (exact) mass is 415 g/mol. The van der Waals surface area contributed by atoms with E-state index in [-0.39, 0.29) is 17.3 Å². The lowest BCUT2D eigenvalue weighted by atomic mass is 10.2. The van der Waals surface area contributed by atoms with Gasteiger partial charge in [-0.05, 0) is 42.8 Å². The van der Waals surface area contributed by atoms with Crippen LogP contribution in [0.15, 0.2) is 52.0 Å². The number of amides is 1. The standard InChI is InChI=1S/C19H21N5O4S/c25-19(20-10-9-18-23-22-17-4-1-11-24(17)18)14-5-7-16(8-6-14)29(26,27)21-13-15-3-2-12-28-15/h2-3,5-8,12,21H,1,4,9-11,13H2,(H,20,25). The Morgan fingerprint density at radius 3 is 2.76 bits per heavy atom. The number of hydrogen-bond donors (Lipinski definition) is 2. The van der Waals surface area contributed by atoms with Crippen molar-refractivity contribution in [3.63, 3.8) is 0 Å². The molecule has 4 rings (SSSR count). The average molecular weight is 415 g/mol. The highest BCUT2D eigenvalue weighted by atomic mass is 32.2. The van der Waals surface area contributed by atoms with Crippen molar-refractivity contribution in [2.45, 2.75) is 37.2 Å². The highest BCUT2D eigenvalue weighted by molar-refractivity contribution is 7.89. The van der Waals surface area contributed by atoms with Crippen molar-refractivity contribution in [1.82, 2.24) is 24.8 Å². The molecule has 1 amide bonds. The Bertz CT molecular complexity index is 1090. The number of fused-ring (bicyclic) bond motifs is 1. The third kappa shape index (κ3) is 4.38. The minimum Gasteiger partial charge on any atom is -0.468 e. The molecule has 152 valence electrons. The van der Waals surface area contributed by atoms with Crippen LogP contribution >= 0.6 is 0 Å². The molecule has 0 unspecified atom stereocenters. The van der Waals surface area contributed by atoms with E-state index in [1.807, 2.05) is 0 Å². The maximum absolute atomic E-state index is 12.3. The van der Waals surface area contributed by atoms with Gasteiger partial charge in [0.15, 0.2) is 0 Å². The van der Waals surface area contributed by atoms with E-state index in [2.05, 4.69) is 24.8 Å². The van der Waals surface area contributed by atoms with Crippen molar-refractivity contribution in [3.8, 4) is 0 Å². The molecule has 3 aromatic rings. The molecule has 0 bridgehead atoms. The number of hydrogen-bond acceptors (Lipinski definition) is 6. The van der Waals surface area contributed by atoms with E-state index in [0.29, 0.717) is 24.3 Å². The number of nitrogens with one attached hydrogen (secondary N) is 2. The Morgan fingerprint density at radius 1 is 1.17 bits per heavy atom. The summed E-state index contributed by atoms with van der Waals surface area (Å²) in [5, 5.41) is 11.1. The highest BCUT2D eigenvalue weighted by Crippen LogP contribution is 2.14. The molecular formula is C19H21N5O4S. The normalized spacial score (nSPS) is 13.4. The molecule has 0 spiro atoms. The van der Waals surface area contributed by atoms with Gasteiger partial charge in [-0.1, -0.05) is 0 Å². The Labute approximate surface area is 168 Å². The fourth-order valence-corrected chi connectivity index (χ4v) is 4.23. The number of benzene rings is 1. The van der Waals surface area contributed by atoms with Crippen LogP contribution in [0.2, 0.25) is 0 Å². The molecule has 10 heteroatoms. The molecule has 1 aliphatic heterocycles. The second kappa shape index (κ2) is 8.18. The van der Waals surface area contributed by atoms with Crippen LogP contribution in [0.25, 0.3) is 0 Å². The van der Waals surface area contributed by atoms with Crippen molar-refractivity contribution >= 4 is 15.9 Å². The van der Waals surface area contributed by atoms with Gasteiger partial charge in [0, 0.05) is 31.5 Å². The van der Waals surface area contributed by atoms with Gasteiger partial charge in [-0.25, -0.2) is 13.1 Å². The van der Waals surface area contributed by atoms with Crippen LogP contribution in [0, 0.1) is 0 Å². The fraction of sp³-hybridized carbons (Fsp3) is 0.316. The summed E-state index contributed by atoms with van der Waals surface area (Å²) in [5.74, 6) is 2.13. The number of aryl methyl sites for hydroxylation is 1. The van der Waals surface area contributed by atoms with Crippen LogP contribution in [0.4, 0.5) is 0 Å². The van der Waals surface area contributed by atoms with Crippen LogP contribution in [0.5, 0.6) is 0 Å². The molecule has 3 heterocycles. The third-order valence-corrected chi connectivity index (χ3v) is 6.18. The quantitative estimate of drug-likeness (QED) is 0.572. The van der Waals surface area contributed by atoms with Crippen molar-refractivity contribution < 1.29 is 17.6 Å². The summed E-state index contributed by atoms with van der Waals surface area (Å²) in [5.41, 5.74) is 0.390. The van der Waals surface area contributed by atoms with Crippen molar-refractivity contribution in [2.75, 3.05) is 6.54 Å². The second-order valence-electron chi connectivity index (χ2n) is 6.72. The van der Waals surface area contributed by atoms with Crippen LogP contribution in [-0.2, 0) is 36.0 Å². The third-order valence-electron chi connectivity index (χ3n) is 4.76. The molecule has 2 N–H and O–H groups in total. The maximum atomic E-state index is 12.3. The zero-order valence-electron chi connectivity index (χ0n) is 15.7. The van der Waals surface area contributed by atoms with Gasteiger partial charge in [-0.15, -0.1) is 10.2 Å². The zero-order valence-corrected chi connectivity index (χ0v) is 16.5. The second-order valence-corrected chi connectivity index (χ2v) is 8.49. The molecule has 0 aliphatic carbocycles. The first-order valence-corrected chi connectivity index (χ1v) is 10.8. The highest BCUT2D eigenvalue weighted by Gasteiger charge is 2.18. The Morgan fingerprint density at radius 2 is 2.00 bits per heavy atom. The van der Waals surface area contributed by atoms with Gasteiger partial charge in [-0.2, -0.15) is 0 Å². The molecule has 29 heavy (non-hydrogen) atoms. The van der Waals surface area contributed by atoms with Gasteiger partial charge in [0.25, 0.3) is 5.91 Å². The summed E-state index contributed by atoms with van der Waals surface area (Å²) < 4.78 is 34.3. The van der Waals surface area contributed by atoms with Gasteiger partial charge >= 0.3 is 0 Å². The number of carbonyl (C=O) groups is 1. The summed E-state index contributed by atoms with van der Waals surface area (Å²) >= 11 is 0. The number of nitrogens with zero attached hydrogens (tertiary/aromatic N) is 3. The first kappa shape index (κ1) is 19.3. The molecule has 1 aliphatic rings. The number of carbonyl (C=O) groups excluding carboxylic acids is 1. The fourth-order valence-electron chi connectivity index (χ4n) is 3.23. The van der Waals surface area contributed by atoms with Crippen molar-refractivity contribution in [3.05, 3.63) is 65.6 Å². The topological polar surface area (TPSA) is 119 Å². The van der Waals surface area contributed by atoms with E-state index in [1.54, 1.807) is 12.1 Å². The van der Waals surface area contributed by atoms with Gasteiger partial charge in [0.1, 0.15) is 17.4 Å². The average Bonchev–Trinajstić information content (AvgIpc) is 3.46. The van der Waals surface area contributed by atoms with Crippen LogP contribution in [0.1, 0.15) is 34.2 Å². The van der Waals surface area contributed by atoms with E-state index in [0.717, 1.165) is 31.0 Å². The lowest BCUT2D eigenvalue weighted by molar-refractivity contribution is 0.0953. The number of aromatic nitrogens is 3. The minimum atomic E-state index is -3.69. The lowest BCUT2D eigenvalue weighted by Crippen LogP contribution is -2.27. The van der Waals surface area contributed by atoms with Crippen LogP contribution in [0.3, 0.4) is 0 Å². The number of furan rings is 1. The van der Waals surface area contributed by atoms with Crippen LogP contribution < -0.4 is 10.0 Å². The summed E-state index contributed by atoms with van der Waals surface area (Å²) in [6.07, 6.45) is 4.11. The molecular weight excluding hydrogens is 394 g/mol. The molecule has 2 aromatic heterocycles. The van der Waals surface area contributed by atoms with Gasteiger partial charge in [0.2, 0.25) is 10.0 Å². The first-order chi connectivity index (χ1) is 14.0. The summed E-state index contributed by atoms with van der Waals surface area (Å²) in [7, 11) is -3.69. The Balaban J connectivity index is 1.31. The molecule has 1 aromatic carbocycles. The lowest BCUT2D eigenvalue weighted by Gasteiger charge is -2.08. The largest absolute Gasteiger partial charge is 0.468 e. The van der Waals surface area contributed by atoms with E-state index < -0.39 is 10.0 Å². The zero-order chi connectivity index (χ0) is 20.3. The smallest absolute Gasteiger partial charge is 0.251 e. The van der Waals surface area contributed by atoms with Crippen molar-refractivity contribution in [2.24, 2.45) is 0 Å². The van der Waals surface area contributed by atoms with Crippen molar-refractivity contribution in [1.29, 1.82) is 0 Å². The predicted octanol–water partition coefficient (Wildman–Crippen LogP) is 1.27. The molecule has 0 saturated heterocycles. The predicted molar refractivity (Wildman–Crippen MR) is 104 cm³/mol. The number of sulfonamides is 1. The van der Waals surface area contributed by atoms with E-state index in [4.69, 9.17) is 4.42 Å². The maximum Gasteiger partial charge on any atom is 0.251 e. The minimum absolute atomic E-state index is 0.0594.